The van der Waals surface area contributed by atoms with Crippen LogP contribution in [0.5, 0.6) is 5.75 Å². The fourth-order valence-electron chi connectivity index (χ4n) is 2.66. The lowest BCUT2D eigenvalue weighted by molar-refractivity contribution is -0.144. The van der Waals surface area contributed by atoms with E-state index >= 15 is 0 Å². The van der Waals surface area contributed by atoms with E-state index in [-0.39, 0.29) is 17.2 Å². The molecule has 1 aromatic rings. The highest BCUT2D eigenvalue weighted by Crippen LogP contribution is 2.38. The van der Waals surface area contributed by atoms with E-state index in [2.05, 4.69) is 15.9 Å². The molecule has 0 saturated carbocycles. The first-order valence-corrected chi connectivity index (χ1v) is 9.83. The summed E-state index contributed by atoms with van der Waals surface area (Å²) in [4.78, 5) is 11.8. The van der Waals surface area contributed by atoms with Gasteiger partial charge >= 0.3 is 5.97 Å². The number of esters is 1. The topological polar surface area (TPSA) is 72.9 Å². The number of rotatable bonds is 5. The van der Waals surface area contributed by atoms with Crippen molar-refractivity contribution >= 4 is 43.5 Å². The molecule has 128 valence electrons. The van der Waals surface area contributed by atoms with Crippen molar-refractivity contribution in [3.05, 3.63) is 22.7 Å². The molecule has 1 fully saturated rings. The van der Waals surface area contributed by atoms with Crippen molar-refractivity contribution in [3.63, 3.8) is 0 Å². The van der Waals surface area contributed by atoms with Gasteiger partial charge in [0.1, 0.15) is 16.7 Å². The molecule has 0 aliphatic carbocycles. The summed E-state index contributed by atoms with van der Waals surface area (Å²) in [6.07, 6.45) is 1.04. The predicted molar refractivity (Wildman–Crippen MR) is 89.6 cm³/mol. The summed E-state index contributed by atoms with van der Waals surface area (Å²) in [6, 6.07) is 2.10. The molecule has 2 rings (SSSR count). The standard InChI is InChI=1S/C14H17BrClNO5S/c1-21-13-9(8-15)10(16)5-6-12(13)23(19,20)17-7-3-4-11(17)14(18)22-2/h5-6,11H,3-4,7-8H2,1-2H3/t11-/m0/s1. The molecule has 1 atom stereocenters. The predicted octanol–water partition coefficient (Wildman–Crippen LogP) is 2.57. The summed E-state index contributed by atoms with van der Waals surface area (Å²) in [6.45, 7) is 0.261. The third kappa shape index (κ3) is 3.35. The van der Waals surface area contributed by atoms with Crippen LogP contribution in [0.3, 0.4) is 0 Å². The molecule has 1 aromatic carbocycles. The van der Waals surface area contributed by atoms with Crippen LogP contribution in [0.25, 0.3) is 0 Å². The minimum Gasteiger partial charge on any atom is -0.495 e. The molecular formula is C14H17BrClNO5S. The number of ether oxygens (including phenoxy) is 2. The largest absolute Gasteiger partial charge is 0.495 e. The number of methoxy groups -OCH3 is 2. The summed E-state index contributed by atoms with van der Waals surface area (Å²) >= 11 is 9.38. The Labute approximate surface area is 148 Å². The highest BCUT2D eigenvalue weighted by molar-refractivity contribution is 9.08. The average Bonchev–Trinajstić information content (AvgIpc) is 3.03. The Morgan fingerprint density at radius 2 is 2.13 bits per heavy atom. The second-order valence-electron chi connectivity index (χ2n) is 4.99. The summed E-state index contributed by atoms with van der Waals surface area (Å²) in [5, 5.41) is 0.752. The van der Waals surface area contributed by atoms with Gasteiger partial charge in [-0.25, -0.2) is 8.42 Å². The van der Waals surface area contributed by atoms with E-state index in [1.165, 1.54) is 30.7 Å². The van der Waals surface area contributed by atoms with E-state index in [0.29, 0.717) is 28.8 Å². The van der Waals surface area contributed by atoms with Gasteiger partial charge in [0.25, 0.3) is 0 Å². The maximum absolute atomic E-state index is 13.0. The highest BCUT2D eigenvalue weighted by Gasteiger charge is 2.41. The number of hydrogen-bond donors (Lipinski definition) is 0. The van der Waals surface area contributed by atoms with Crippen LogP contribution in [0.15, 0.2) is 17.0 Å². The molecule has 1 heterocycles. The van der Waals surface area contributed by atoms with Crippen LogP contribution >= 0.6 is 27.5 Å². The molecule has 1 aliphatic rings. The van der Waals surface area contributed by atoms with Crippen LogP contribution < -0.4 is 4.74 Å². The number of halogens is 2. The zero-order valence-electron chi connectivity index (χ0n) is 12.7. The van der Waals surface area contributed by atoms with Gasteiger partial charge in [-0.15, -0.1) is 0 Å². The van der Waals surface area contributed by atoms with E-state index in [1.807, 2.05) is 0 Å². The first-order chi connectivity index (χ1) is 10.9. The molecule has 0 spiro atoms. The Morgan fingerprint density at radius 3 is 2.70 bits per heavy atom. The first-order valence-electron chi connectivity index (χ1n) is 6.89. The molecule has 0 aromatic heterocycles. The Morgan fingerprint density at radius 1 is 1.43 bits per heavy atom. The van der Waals surface area contributed by atoms with Crippen LogP contribution in [0.4, 0.5) is 0 Å². The van der Waals surface area contributed by atoms with Gasteiger partial charge in [-0.3, -0.25) is 4.79 Å². The molecule has 1 saturated heterocycles. The number of sulfonamides is 1. The summed E-state index contributed by atoms with van der Waals surface area (Å²) in [5.74, 6) is -0.371. The minimum atomic E-state index is -3.91. The molecule has 9 heteroatoms. The van der Waals surface area contributed by atoms with Crippen molar-refractivity contribution < 1.29 is 22.7 Å². The number of alkyl halides is 1. The Kier molecular flexibility index (Phi) is 5.94. The number of carbonyl (C=O) groups excluding carboxylic acids is 1. The van der Waals surface area contributed by atoms with Gasteiger partial charge in [0.15, 0.2) is 0 Å². The smallest absolute Gasteiger partial charge is 0.324 e. The number of hydrogen-bond acceptors (Lipinski definition) is 5. The third-order valence-corrected chi connectivity index (χ3v) is 6.62. The van der Waals surface area contributed by atoms with Crippen LogP contribution in [0.2, 0.25) is 5.02 Å². The molecule has 0 unspecified atom stereocenters. The zero-order valence-corrected chi connectivity index (χ0v) is 15.9. The summed E-state index contributed by atoms with van der Waals surface area (Å²) in [7, 11) is -1.27. The molecule has 6 nitrogen and oxygen atoms in total. The normalized spacial score (nSPS) is 18.9. The van der Waals surface area contributed by atoms with Gasteiger partial charge in [-0.2, -0.15) is 4.31 Å². The van der Waals surface area contributed by atoms with Crippen molar-refractivity contribution in [2.24, 2.45) is 0 Å². The van der Waals surface area contributed by atoms with Crippen LogP contribution in [-0.2, 0) is 24.9 Å². The number of nitrogens with zero attached hydrogens (tertiary/aromatic N) is 1. The van der Waals surface area contributed by atoms with Gasteiger partial charge in [0.2, 0.25) is 10.0 Å². The van der Waals surface area contributed by atoms with Gasteiger partial charge in [-0.05, 0) is 25.0 Å². The first kappa shape index (κ1) is 18.5. The zero-order chi connectivity index (χ0) is 17.2. The van der Waals surface area contributed by atoms with Crippen LogP contribution in [-0.4, -0.2) is 45.5 Å². The molecule has 23 heavy (non-hydrogen) atoms. The molecule has 0 amide bonds. The molecule has 0 radical (unpaired) electrons. The molecule has 1 aliphatic heterocycles. The van der Waals surface area contributed by atoms with Crippen molar-refractivity contribution in [3.8, 4) is 5.75 Å². The Balaban J connectivity index is 2.54. The van der Waals surface area contributed by atoms with E-state index in [4.69, 9.17) is 21.1 Å². The number of benzene rings is 1. The SMILES string of the molecule is COC(=O)[C@@H]1CCCN1S(=O)(=O)c1ccc(Cl)c(CBr)c1OC. The van der Waals surface area contributed by atoms with Crippen molar-refractivity contribution in [2.75, 3.05) is 20.8 Å². The van der Waals surface area contributed by atoms with Gasteiger partial charge < -0.3 is 9.47 Å². The molecule has 0 bridgehead atoms. The monoisotopic (exact) mass is 425 g/mol. The maximum Gasteiger partial charge on any atom is 0.324 e. The number of carbonyl (C=O) groups is 1. The van der Waals surface area contributed by atoms with E-state index in [0.717, 1.165) is 0 Å². The van der Waals surface area contributed by atoms with Gasteiger partial charge in [-0.1, -0.05) is 27.5 Å². The lowest BCUT2D eigenvalue weighted by Crippen LogP contribution is -2.41. The summed E-state index contributed by atoms with van der Waals surface area (Å²) < 4.78 is 37.2. The lowest BCUT2D eigenvalue weighted by Gasteiger charge is -2.24. The van der Waals surface area contributed by atoms with Crippen LogP contribution in [0, 0.1) is 0 Å². The Hall–Kier alpha value is -0.830. The van der Waals surface area contributed by atoms with Crippen molar-refractivity contribution in [1.82, 2.24) is 4.31 Å². The van der Waals surface area contributed by atoms with Crippen LogP contribution in [0.1, 0.15) is 18.4 Å². The second kappa shape index (κ2) is 7.38. The van der Waals surface area contributed by atoms with Crippen molar-refractivity contribution in [2.45, 2.75) is 29.1 Å². The fraction of sp³-hybridized carbons (Fsp3) is 0.500. The van der Waals surface area contributed by atoms with E-state index in [9.17, 15) is 13.2 Å². The third-order valence-electron chi connectivity index (χ3n) is 3.77. The highest BCUT2D eigenvalue weighted by atomic mass is 79.9. The quantitative estimate of drug-likeness (QED) is 0.534. The molecule has 0 N–H and O–H groups in total. The minimum absolute atomic E-state index is 0.00495. The van der Waals surface area contributed by atoms with Gasteiger partial charge in [0.05, 0.1) is 14.2 Å². The Bertz CT molecular complexity index is 709. The maximum atomic E-state index is 13.0. The summed E-state index contributed by atoms with van der Waals surface area (Å²) in [5.41, 5.74) is 0.545. The van der Waals surface area contributed by atoms with Crippen molar-refractivity contribution in [1.29, 1.82) is 0 Å². The van der Waals surface area contributed by atoms with E-state index < -0.39 is 22.0 Å². The second-order valence-corrected chi connectivity index (χ2v) is 7.81. The lowest BCUT2D eigenvalue weighted by atomic mass is 10.2. The van der Waals surface area contributed by atoms with Gasteiger partial charge in [0, 0.05) is 22.5 Å². The average molecular weight is 427 g/mol. The van der Waals surface area contributed by atoms with E-state index in [1.54, 1.807) is 0 Å². The fourth-order valence-corrected chi connectivity index (χ4v) is 5.42. The molecular weight excluding hydrogens is 410 g/mol.